The summed E-state index contributed by atoms with van der Waals surface area (Å²) in [6.45, 7) is 3.27. The molecule has 1 aliphatic rings. The molecule has 1 aromatic carbocycles. The summed E-state index contributed by atoms with van der Waals surface area (Å²) in [5.74, 6) is 0.189. The van der Waals surface area contributed by atoms with Gasteiger partial charge in [-0.05, 0) is 61.8 Å². The van der Waals surface area contributed by atoms with Crippen LogP contribution >= 0.6 is 12.4 Å². The molecule has 0 atom stereocenters. The highest BCUT2D eigenvalue weighted by molar-refractivity contribution is 5.85. The number of pyridine rings is 1. The fourth-order valence-corrected chi connectivity index (χ4v) is 3.48. The smallest absolute Gasteiger partial charge is 0.227 e. The Kier molecular flexibility index (Phi) is 8.23. The van der Waals surface area contributed by atoms with Gasteiger partial charge in [0.1, 0.15) is 0 Å². The molecule has 2 aromatic rings. The lowest BCUT2D eigenvalue weighted by Crippen LogP contribution is -2.46. The van der Waals surface area contributed by atoms with Crippen molar-refractivity contribution in [1.29, 1.82) is 0 Å². The topological polar surface area (TPSA) is 62.5 Å². The number of nitrogens with two attached hydrogens (primary N) is 1. The highest BCUT2D eigenvalue weighted by Gasteiger charge is 2.27. The first-order chi connectivity index (χ1) is 12.7. The Morgan fingerprint density at radius 3 is 2.26 bits per heavy atom. The van der Waals surface area contributed by atoms with E-state index in [1.165, 1.54) is 0 Å². The van der Waals surface area contributed by atoms with Gasteiger partial charge in [0.25, 0.3) is 0 Å². The van der Waals surface area contributed by atoms with E-state index in [1.54, 1.807) is 12.4 Å². The number of carbonyl (C=O) groups excluding carboxylic acids is 1. The van der Waals surface area contributed by atoms with Crippen molar-refractivity contribution in [2.45, 2.75) is 38.4 Å². The maximum atomic E-state index is 13.1. The van der Waals surface area contributed by atoms with Crippen molar-refractivity contribution in [3.8, 4) is 0 Å². The number of hydrogen-bond donors (Lipinski definition) is 1. The maximum absolute atomic E-state index is 13.1. The molecule has 1 amide bonds. The van der Waals surface area contributed by atoms with Crippen molar-refractivity contribution in [1.82, 2.24) is 14.8 Å². The number of carbonyl (C=O) groups is 1. The molecule has 0 saturated carbocycles. The largest absolute Gasteiger partial charge is 0.335 e. The summed E-state index contributed by atoms with van der Waals surface area (Å²) in [5.41, 5.74) is 8.98. The minimum absolute atomic E-state index is 0. The number of likely N-dealkylation sites (tertiary alicyclic amines) is 1. The molecule has 2 N–H and O–H groups in total. The first-order valence-electron chi connectivity index (χ1n) is 9.30. The molecule has 0 spiro atoms. The third kappa shape index (κ3) is 6.03. The van der Waals surface area contributed by atoms with Crippen LogP contribution in [0.3, 0.4) is 0 Å². The molecule has 1 saturated heterocycles. The number of piperidine rings is 1. The minimum Gasteiger partial charge on any atom is -0.335 e. The van der Waals surface area contributed by atoms with Gasteiger partial charge in [-0.2, -0.15) is 0 Å². The van der Waals surface area contributed by atoms with Crippen molar-refractivity contribution >= 4 is 18.3 Å². The highest BCUT2D eigenvalue weighted by atomic mass is 35.5. The lowest BCUT2D eigenvalue weighted by atomic mass is 10.0. The monoisotopic (exact) mass is 388 g/mol. The van der Waals surface area contributed by atoms with E-state index in [1.807, 2.05) is 12.1 Å². The van der Waals surface area contributed by atoms with Crippen LogP contribution in [0, 0.1) is 0 Å². The van der Waals surface area contributed by atoms with Gasteiger partial charge in [0.05, 0.1) is 6.42 Å². The molecule has 0 bridgehead atoms. The molecule has 1 fully saturated rings. The van der Waals surface area contributed by atoms with Gasteiger partial charge in [-0.25, -0.2) is 0 Å². The van der Waals surface area contributed by atoms with Gasteiger partial charge in [-0.1, -0.05) is 24.3 Å². The van der Waals surface area contributed by atoms with Crippen LogP contribution in [0.4, 0.5) is 0 Å². The quantitative estimate of drug-likeness (QED) is 0.826. The molecule has 2 heterocycles. The van der Waals surface area contributed by atoms with Crippen LogP contribution in [0.1, 0.15) is 29.5 Å². The zero-order valence-corrected chi connectivity index (χ0v) is 16.7. The second-order valence-corrected chi connectivity index (χ2v) is 7.11. The standard InChI is InChI=1S/C21H28N4O.ClH/c1-24-12-8-20(9-13-24)25(16-19-4-2-18(15-22)3-5-19)21(26)14-17-6-10-23-11-7-17;/h2-7,10-11,20H,8-9,12-16,22H2,1H3;1H. The van der Waals surface area contributed by atoms with Crippen LogP contribution in [0.25, 0.3) is 0 Å². The molecular formula is C21H29ClN4O. The second-order valence-electron chi connectivity index (χ2n) is 7.11. The second kappa shape index (κ2) is 10.4. The first-order valence-corrected chi connectivity index (χ1v) is 9.30. The van der Waals surface area contributed by atoms with E-state index in [0.29, 0.717) is 25.6 Å². The Balaban J connectivity index is 0.00000261. The van der Waals surface area contributed by atoms with E-state index in [2.05, 4.69) is 46.1 Å². The molecule has 0 unspecified atom stereocenters. The predicted octanol–water partition coefficient (Wildman–Crippen LogP) is 2.63. The van der Waals surface area contributed by atoms with E-state index in [0.717, 1.165) is 42.6 Å². The summed E-state index contributed by atoms with van der Waals surface area (Å²) in [5, 5.41) is 0. The average molecular weight is 389 g/mol. The van der Waals surface area contributed by atoms with E-state index >= 15 is 0 Å². The minimum atomic E-state index is 0. The Morgan fingerprint density at radius 1 is 1.07 bits per heavy atom. The number of benzene rings is 1. The lowest BCUT2D eigenvalue weighted by molar-refractivity contribution is -0.134. The lowest BCUT2D eigenvalue weighted by Gasteiger charge is -2.37. The number of aromatic nitrogens is 1. The van der Waals surface area contributed by atoms with Crippen LogP contribution in [0.15, 0.2) is 48.8 Å². The third-order valence-corrected chi connectivity index (χ3v) is 5.17. The first kappa shape index (κ1) is 21.4. The van der Waals surface area contributed by atoms with Crippen molar-refractivity contribution in [2.75, 3.05) is 20.1 Å². The fraction of sp³-hybridized carbons (Fsp3) is 0.429. The van der Waals surface area contributed by atoms with Gasteiger partial charge in [0.15, 0.2) is 0 Å². The summed E-state index contributed by atoms with van der Waals surface area (Å²) < 4.78 is 0. The molecule has 0 radical (unpaired) electrons. The Morgan fingerprint density at radius 2 is 1.67 bits per heavy atom. The average Bonchev–Trinajstić information content (AvgIpc) is 2.68. The Hall–Kier alpha value is -1.95. The third-order valence-electron chi connectivity index (χ3n) is 5.17. The number of halogens is 1. The van der Waals surface area contributed by atoms with Gasteiger partial charge in [0, 0.05) is 31.5 Å². The van der Waals surface area contributed by atoms with Gasteiger partial charge in [-0.3, -0.25) is 9.78 Å². The van der Waals surface area contributed by atoms with Gasteiger partial charge >= 0.3 is 0 Å². The number of hydrogen-bond acceptors (Lipinski definition) is 4. The predicted molar refractivity (Wildman–Crippen MR) is 111 cm³/mol. The Bertz CT molecular complexity index is 700. The van der Waals surface area contributed by atoms with Crippen LogP contribution in [0.5, 0.6) is 0 Å². The Labute approximate surface area is 168 Å². The molecule has 0 aliphatic carbocycles. The normalized spacial score (nSPS) is 15.2. The summed E-state index contributed by atoms with van der Waals surface area (Å²) in [7, 11) is 2.14. The summed E-state index contributed by atoms with van der Waals surface area (Å²) in [6, 6.07) is 12.4. The fourth-order valence-electron chi connectivity index (χ4n) is 3.48. The van der Waals surface area contributed by atoms with E-state index in [-0.39, 0.29) is 18.3 Å². The molecule has 27 heavy (non-hydrogen) atoms. The van der Waals surface area contributed by atoms with Crippen LogP contribution in [-0.2, 0) is 24.3 Å². The molecule has 3 rings (SSSR count). The highest BCUT2D eigenvalue weighted by Crippen LogP contribution is 2.20. The summed E-state index contributed by atoms with van der Waals surface area (Å²) in [6.07, 6.45) is 5.97. The molecule has 1 aromatic heterocycles. The summed E-state index contributed by atoms with van der Waals surface area (Å²) in [4.78, 5) is 21.5. The van der Waals surface area contributed by atoms with Crippen LogP contribution < -0.4 is 5.73 Å². The van der Waals surface area contributed by atoms with Crippen LogP contribution in [0.2, 0.25) is 0 Å². The zero-order valence-electron chi connectivity index (χ0n) is 15.9. The number of nitrogens with zero attached hydrogens (tertiary/aromatic N) is 3. The van der Waals surface area contributed by atoms with E-state index in [4.69, 9.17) is 5.73 Å². The SMILES string of the molecule is CN1CCC(N(Cc2ccc(CN)cc2)C(=O)Cc2ccncc2)CC1.Cl. The van der Waals surface area contributed by atoms with Crippen molar-refractivity contribution in [2.24, 2.45) is 5.73 Å². The zero-order chi connectivity index (χ0) is 18.4. The van der Waals surface area contributed by atoms with E-state index < -0.39 is 0 Å². The van der Waals surface area contributed by atoms with Gasteiger partial charge < -0.3 is 15.5 Å². The molecule has 5 nitrogen and oxygen atoms in total. The van der Waals surface area contributed by atoms with E-state index in [9.17, 15) is 4.79 Å². The molecule has 6 heteroatoms. The van der Waals surface area contributed by atoms with Crippen molar-refractivity contribution < 1.29 is 4.79 Å². The van der Waals surface area contributed by atoms with Crippen LogP contribution in [-0.4, -0.2) is 46.9 Å². The maximum Gasteiger partial charge on any atom is 0.227 e. The molecule has 146 valence electrons. The number of rotatable bonds is 6. The van der Waals surface area contributed by atoms with Gasteiger partial charge in [-0.15, -0.1) is 12.4 Å². The molecule has 1 aliphatic heterocycles. The number of amides is 1. The summed E-state index contributed by atoms with van der Waals surface area (Å²) >= 11 is 0. The van der Waals surface area contributed by atoms with Gasteiger partial charge in [0.2, 0.25) is 5.91 Å². The van der Waals surface area contributed by atoms with Crippen molar-refractivity contribution in [3.63, 3.8) is 0 Å². The van der Waals surface area contributed by atoms with Crippen molar-refractivity contribution in [3.05, 3.63) is 65.5 Å². The molecular weight excluding hydrogens is 360 g/mol.